The molecule has 1 aromatic carbocycles. The molecule has 1 aromatic rings. The van der Waals surface area contributed by atoms with Crippen LogP contribution in [-0.4, -0.2) is 25.7 Å². The molecular formula is C14H21FN2O. The zero-order valence-corrected chi connectivity index (χ0v) is 11.0. The van der Waals surface area contributed by atoms with Gasteiger partial charge in [-0.1, -0.05) is 6.07 Å². The molecular weight excluding hydrogens is 231 g/mol. The number of hydrogen-bond acceptors (Lipinski definition) is 3. The van der Waals surface area contributed by atoms with Gasteiger partial charge in [-0.2, -0.15) is 0 Å². The maximum absolute atomic E-state index is 13.7. The Hall–Kier alpha value is -1.13. The summed E-state index contributed by atoms with van der Waals surface area (Å²) < 4.78 is 18.7. The highest BCUT2D eigenvalue weighted by atomic mass is 19.1. The van der Waals surface area contributed by atoms with Gasteiger partial charge in [-0.3, -0.25) is 0 Å². The molecule has 0 aromatic heterocycles. The van der Waals surface area contributed by atoms with Gasteiger partial charge in [-0.25, -0.2) is 4.39 Å². The Bertz CT molecular complexity index is 393. The molecule has 2 rings (SSSR count). The minimum atomic E-state index is -0.218. The predicted molar refractivity (Wildman–Crippen MR) is 70.3 cm³/mol. The largest absolute Gasteiger partial charge is 0.497 e. The van der Waals surface area contributed by atoms with E-state index in [0.717, 1.165) is 6.54 Å². The molecule has 1 aliphatic rings. The molecule has 0 saturated heterocycles. The van der Waals surface area contributed by atoms with Crippen LogP contribution < -0.4 is 15.4 Å². The van der Waals surface area contributed by atoms with Crippen molar-refractivity contribution in [3.8, 4) is 5.75 Å². The zero-order chi connectivity index (χ0) is 13.0. The fourth-order valence-corrected chi connectivity index (χ4v) is 1.79. The second kappa shape index (κ2) is 6.16. The van der Waals surface area contributed by atoms with Crippen LogP contribution in [-0.2, 0) is 6.54 Å². The van der Waals surface area contributed by atoms with Crippen LogP contribution >= 0.6 is 0 Å². The van der Waals surface area contributed by atoms with Crippen molar-refractivity contribution in [3.63, 3.8) is 0 Å². The Labute approximate surface area is 108 Å². The average Bonchev–Trinajstić information content (AvgIpc) is 3.18. The standard InChI is InChI=1S/C14H21FN2O/c1-10(8-17-12-4-5-12)16-9-11-3-6-13(18-2)7-14(11)15/h3,6-7,10,12,16-17H,4-5,8-9H2,1-2H3. The molecule has 1 unspecified atom stereocenters. The van der Waals surface area contributed by atoms with E-state index in [1.54, 1.807) is 12.1 Å². The topological polar surface area (TPSA) is 33.3 Å². The molecule has 0 aliphatic heterocycles. The summed E-state index contributed by atoms with van der Waals surface area (Å²) in [7, 11) is 1.54. The second-order valence-electron chi connectivity index (χ2n) is 4.92. The van der Waals surface area contributed by atoms with Crippen molar-refractivity contribution >= 4 is 0 Å². The lowest BCUT2D eigenvalue weighted by Crippen LogP contribution is -2.36. The summed E-state index contributed by atoms with van der Waals surface area (Å²) in [6, 6.07) is 6.03. The summed E-state index contributed by atoms with van der Waals surface area (Å²) in [4.78, 5) is 0. The summed E-state index contributed by atoms with van der Waals surface area (Å²) in [5.74, 6) is 0.337. The van der Waals surface area contributed by atoms with E-state index in [2.05, 4.69) is 17.6 Å². The smallest absolute Gasteiger partial charge is 0.131 e. The Morgan fingerprint density at radius 3 is 2.83 bits per heavy atom. The van der Waals surface area contributed by atoms with Gasteiger partial charge in [-0.05, 0) is 25.8 Å². The number of hydrogen-bond donors (Lipinski definition) is 2. The molecule has 18 heavy (non-hydrogen) atoms. The van der Waals surface area contributed by atoms with Crippen LogP contribution in [0.1, 0.15) is 25.3 Å². The summed E-state index contributed by atoms with van der Waals surface area (Å²) in [6.07, 6.45) is 2.58. The fourth-order valence-electron chi connectivity index (χ4n) is 1.79. The van der Waals surface area contributed by atoms with Crippen molar-refractivity contribution in [2.45, 2.75) is 38.4 Å². The lowest BCUT2D eigenvalue weighted by atomic mass is 10.2. The Balaban J connectivity index is 1.77. The predicted octanol–water partition coefficient (Wildman–Crippen LogP) is 2.06. The van der Waals surface area contributed by atoms with Crippen molar-refractivity contribution in [2.75, 3.05) is 13.7 Å². The highest BCUT2D eigenvalue weighted by Gasteiger charge is 2.20. The highest BCUT2D eigenvalue weighted by molar-refractivity contribution is 5.28. The van der Waals surface area contributed by atoms with Crippen LogP contribution in [0.15, 0.2) is 18.2 Å². The first-order valence-corrected chi connectivity index (χ1v) is 6.48. The van der Waals surface area contributed by atoms with Gasteiger partial charge in [0.15, 0.2) is 0 Å². The third kappa shape index (κ3) is 3.96. The van der Waals surface area contributed by atoms with Gasteiger partial charge in [0, 0.05) is 36.8 Å². The molecule has 100 valence electrons. The molecule has 4 heteroatoms. The Morgan fingerprint density at radius 1 is 1.44 bits per heavy atom. The van der Waals surface area contributed by atoms with Crippen LogP contribution in [0.5, 0.6) is 5.75 Å². The van der Waals surface area contributed by atoms with Gasteiger partial charge in [0.05, 0.1) is 7.11 Å². The van der Waals surface area contributed by atoms with Gasteiger partial charge in [0.1, 0.15) is 11.6 Å². The number of methoxy groups -OCH3 is 1. The Morgan fingerprint density at radius 2 is 2.22 bits per heavy atom. The van der Waals surface area contributed by atoms with E-state index in [9.17, 15) is 4.39 Å². The molecule has 0 radical (unpaired) electrons. The molecule has 0 amide bonds. The molecule has 1 atom stereocenters. The maximum atomic E-state index is 13.7. The molecule has 1 aliphatic carbocycles. The van der Waals surface area contributed by atoms with E-state index in [1.807, 2.05) is 0 Å². The first kappa shape index (κ1) is 13.3. The van der Waals surface area contributed by atoms with Crippen molar-refractivity contribution in [1.29, 1.82) is 0 Å². The van der Waals surface area contributed by atoms with Crippen molar-refractivity contribution in [3.05, 3.63) is 29.6 Å². The summed E-state index contributed by atoms with van der Waals surface area (Å²) in [5, 5.41) is 6.77. The molecule has 2 N–H and O–H groups in total. The summed E-state index contributed by atoms with van der Waals surface area (Å²) >= 11 is 0. The minimum absolute atomic E-state index is 0.218. The normalized spacial score (nSPS) is 16.6. The summed E-state index contributed by atoms with van der Waals surface area (Å²) in [5.41, 5.74) is 0.675. The fraction of sp³-hybridized carbons (Fsp3) is 0.571. The highest BCUT2D eigenvalue weighted by Crippen LogP contribution is 2.18. The van der Waals surface area contributed by atoms with E-state index >= 15 is 0 Å². The molecule has 1 saturated carbocycles. The van der Waals surface area contributed by atoms with E-state index < -0.39 is 0 Å². The molecule has 0 bridgehead atoms. The quantitative estimate of drug-likeness (QED) is 0.779. The molecule has 3 nitrogen and oxygen atoms in total. The van der Waals surface area contributed by atoms with E-state index in [4.69, 9.17) is 4.74 Å². The summed E-state index contributed by atoms with van der Waals surface area (Å²) in [6.45, 7) is 3.59. The first-order valence-electron chi connectivity index (χ1n) is 6.48. The van der Waals surface area contributed by atoms with Crippen LogP contribution in [0.25, 0.3) is 0 Å². The number of halogens is 1. The number of benzene rings is 1. The third-order valence-electron chi connectivity index (χ3n) is 3.19. The van der Waals surface area contributed by atoms with Gasteiger partial charge < -0.3 is 15.4 Å². The van der Waals surface area contributed by atoms with Crippen LogP contribution in [0.3, 0.4) is 0 Å². The number of nitrogens with one attached hydrogen (secondary N) is 2. The average molecular weight is 252 g/mol. The third-order valence-corrected chi connectivity index (χ3v) is 3.19. The first-order chi connectivity index (χ1) is 8.69. The second-order valence-corrected chi connectivity index (χ2v) is 4.92. The zero-order valence-electron chi connectivity index (χ0n) is 11.0. The van der Waals surface area contributed by atoms with Crippen LogP contribution in [0.4, 0.5) is 4.39 Å². The van der Waals surface area contributed by atoms with Crippen molar-refractivity contribution < 1.29 is 9.13 Å². The van der Waals surface area contributed by atoms with Gasteiger partial charge in [0.25, 0.3) is 0 Å². The minimum Gasteiger partial charge on any atom is -0.497 e. The van der Waals surface area contributed by atoms with Gasteiger partial charge in [-0.15, -0.1) is 0 Å². The van der Waals surface area contributed by atoms with Crippen molar-refractivity contribution in [2.24, 2.45) is 0 Å². The SMILES string of the molecule is COc1ccc(CNC(C)CNC2CC2)c(F)c1. The van der Waals surface area contributed by atoms with Gasteiger partial charge in [0.2, 0.25) is 0 Å². The monoisotopic (exact) mass is 252 g/mol. The maximum Gasteiger partial charge on any atom is 0.131 e. The van der Waals surface area contributed by atoms with E-state index in [-0.39, 0.29) is 5.82 Å². The number of rotatable bonds is 7. The van der Waals surface area contributed by atoms with Crippen LogP contribution in [0.2, 0.25) is 0 Å². The van der Waals surface area contributed by atoms with Gasteiger partial charge >= 0.3 is 0 Å². The molecule has 0 heterocycles. The molecule has 1 fully saturated rings. The lowest BCUT2D eigenvalue weighted by molar-refractivity contribution is 0.410. The van der Waals surface area contributed by atoms with E-state index in [0.29, 0.717) is 29.9 Å². The Kier molecular flexibility index (Phi) is 4.55. The van der Waals surface area contributed by atoms with Crippen molar-refractivity contribution in [1.82, 2.24) is 10.6 Å². The van der Waals surface area contributed by atoms with E-state index in [1.165, 1.54) is 26.0 Å². The van der Waals surface area contributed by atoms with Crippen LogP contribution in [0, 0.1) is 5.82 Å². The molecule has 0 spiro atoms. The number of ether oxygens (including phenoxy) is 1. The lowest BCUT2D eigenvalue weighted by Gasteiger charge is -2.15.